The number of sulfonamides is 1. The highest BCUT2D eigenvalue weighted by Gasteiger charge is 2.23. The van der Waals surface area contributed by atoms with Crippen LogP contribution in [0.1, 0.15) is 34.2 Å². The maximum atomic E-state index is 13.0. The number of carbonyl (C=O) groups is 1. The van der Waals surface area contributed by atoms with Crippen molar-refractivity contribution < 1.29 is 13.2 Å². The van der Waals surface area contributed by atoms with Gasteiger partial charge in [0.25, 0.3) is 10.0 Å². The average Bonchev–Trinajstić information content (AvgIpc) is 2.53. The van der Waals surface area contributed by atoms with Gasteiger partial charge >= 0.3 is 0 Å². The van der Waals surface area contributed by atoms with E-state index < -0.39 is 10.0 Å². The molecule has 132 valence electrons. The Labute approximate surface area is 148 Å². The summed E-state index contributed by atoms with van der Waals surface area (Å²) in [5, 5.41) is 2.80. The van der Waals surface area contributed by atoms with Crippen LogP contribution < -0.4 is 10.0 Å². The van der Waals surface area contributed by atoms with E-state index in [9.17, 15) is 13.2 Å². The molecule has 0 bridgehead atoms. The van der Waals surface area contributed by atoms with Crippen molar-refractivity contribution in [3.05, 3.63) is 52.1 Å². The molecular weight excluding hydrogens is 336 g/mol. The van der Waals surface area contributed by atoms with Gasteiger partial charge in [-0.05, 0) is 80.1 Å². The Morgan fingerprint density at radius 2 is 1.60 bits per heavy atom. The second-order valence-electron chi connectivity index (χ2n) is 6.62. The van der Waals surface area contributed by atoms with Gasteiger partial charge in [0.2, 0.25) is 5.91 Å². The van der Waals surface area contributed by atoms with Gasteiger partial charge in [0.1, 0.15) is 0 Å². The van der Waals surface area contributed by atoms with E-state index in [1.807, 2.05) is 33.8 Å². The molecular formula is C19H22N2O3S. The van der Waals surface area contributed by atoms with E-state index in [-0.39, 0.29) is 5.91 Å². The molecule has 1 aliphatic rings. The molecule has 0 aromatic heterocycles. The lowest BCUT2D eigenvalue weighted by molar-refractivity contribution is -0.116. The summed E-state index contributed by atoms with van der Waals surface area (Å²) >= 11 is 0. The summed E-state index contributed by atoms with van der Waals surface area (Å²) in [5.41, 5.74) is 5.63. The van der Waals surface area contributed by atoms with Crippen LogP contribution in [0.5, 0.6) is 0 Å². The number of hydrogen-bond donors (Lipinski definition) is 2. The van der Waals surface area contributed by atoms with Crippen molar-refractivity contribution in [1.29, 1.82) is 0 Å². The fraction of sp³-hybridized carbons (Fsp3) is 0.316. The third kappa shape index (κ3) is 3.26. The fourth-order valence-electron chi connectivity index (χ4n) is 3.24. The summed E-state index contributed by atoms with van der Waals surface area (Å²) in [5.74, 6) is -0.0117. The first-order valence-corrected chi connectivity index (χ1v) is 9.70. The monoisotopic (exact) mass is 358 g/mol. The topological polar surface area (TPSA) is 75.3 Å². The number of benzene rings is 2. The summed E-state index contributed by atoms with van der Waals surface area (Å²) < 4.78 is 28.7. The minimum atomic E-state index is -3.69. The van der Waals surface area contributed by atoms with Crippen molar-refractivity contribution >= 4 is 27.3 Å². The van der Waals surface area contributed by atoms with E-state index in [1.54, 1.807) is 18.2 Å². The Bertz CT molecular complexity index is 952. The fourth-order valence-corrected chi connectivity index (χ4v) is 4.90. The van der Waals surface area contributed by atoms with E-state index in [0.29, 0.717) is 23.4 Å². The normalized spacial score (nSPS) is 14.0. The van der Waals surface area contributed by atoms with Crippen LogP contribution in [-0.4, -0.2) is 14.3 Å². The van der Waals surface area contributed by atoms with Gasteiger partial charge in [0, 0.05) is 17.8 Å². The predicted molar refractivity (Wildman–Crippen MR) is 99.6 cm³/mol. The zero-order valence-corrected chi connectivity index (χ0v) is 15.7. The first-order valence-electron chi connectivity index (χ1n) is 8.22. The molecule has 0 saturated heterocycles. The number of fused-ring (bicyclic) bond motifs is 1. The quantitative estimate of drug-likeness (QED) is 0.880. The second-order valence-corrected chi connectivity index (χ2v) is 8.23. The van der Waals surface area contributed by atoms with E-state index in [0.717, 1.165) is 33.5 Å². The second kappa shape index (κ2) is 6.19. The molecule has 0 radical (unpaired) electrons. The number of anilines is 2. The van der Waals surface area contributed by atoms with Gasteiger partial charge in [0.05, 0.1) is 4.90 Å². The summed E-state index contributed by atoms with van der Waals surface area (Å²) in [7, 11) is -3.69. The number of aryl methyl sites for hydroxylation is 3. The molecule has 2 aromatic rings. The zero-order chi connectivity index (χ0) is 18.4. The van der Waals surface area contributed by atoms with Crippen LogP contribution in [0.15, 0.2) is 29.2 Å². The highest BCUT2D eigenvalue weighted by atomic mass is 32.2. The Morgan fingerprint density at radius 1 is 0.960 bits per heavy atom. The number of hydrogen-bond acceptors (Lipinski definition) is 3. The molecule has 0 spiro atoms. The van der Waals surface area contributed by atoms with Crippen LogP contribution in [0.4, 0.5) is 11.4 Å². The highest BCUT2D eigenvalue weighted by Crippen LogP contribution is 2.30. The molecule has 2 N–H and O–H groups in total. The Kier molecular flexibility index (Phi) is 4.33. The van der Waals surface area contributed by atoms with Gasteiger partial charge in [-0.15, -0.1) is 0 Å². The molecule has 6 heteroatoms. The smallest absolute Gasteiger partial charge is 0.262 e. The van der Waals surface area contributed by atoms with Crippen LogP contribution in [0.2, 0.25) is 0 Å². The zero-order valence-electron chi connectivity index (χ0n) is 14.9. The molecule has 0 aliphatic carbocycles. The standard InChI is InChI=1S/C19H22N2O3S/c1-11-9-12(2)14(4)19(13(11)3)25(23,24)21-16-6-7-17-15(10-16)5-8-18(22)20-17/h6-7,9-10,21H,5,8H2,1-4H3,(H,20,22). The number of carbonyl (C=O) groups excluding carboxylic acids is 1. The molecule has 1 heterocycles. The van der Waals surface area contributed by atoms with Gasteiger partial charge < -0.3 is 5.32 Å². The Morgan fingerprint density at radius 3 is 2.24 bits per heavy atom. The van der Waals surface area contributed by atoms with Crippen molar-refractivity contribution in [2.24, 2.45) is 0 Å². The van der Waals surface area contributed by atoms with Crippen molar-refractivity contribution in [2.75, 3.05) is 10.0 Å². The summed E-state index contributed by atoms with van der Waals surface area (Å²) in [6, 6.07) is 7.21. The summed E-state index contributed by atoms with van der Waals surface area (Å²) in [4.78, 5) is 11.8. The number of rotatable bonds is 3. The SMILES string of the molecule is Cc1cc(C)c(C)c(S(=O)(=O)Nc2ccc3c(c2)CCC(=O)N3)c1C. The predicted octanol–water partition coefficient (Wildman–Crippen LogP) is 3.61. The lowest BCUT2D eigenvalue weighted by atomic mass is 10.0. The van der Waals surface area contributed by atoms with E-state index >= 15 is 0 Å². The maximum absolute atomic E-state index is 13.0. The highest BCUT2D eigenvalue weighted by molar-refractivity contribution is 7.92. The molecule has 0 saturated carbocycles. The van der Waals surface area contributed by atoms with Gasteiger partial charge in [0.15, 0.2) is 0 Å². The first-order chi connectivity index (χ1) is 11.7. The van der Waals surface area contributed by atoms with Gasteiger partial charge in [-0.3, -0.25) is 9.52 Å². The number of amides is 1. The van der Waals surface area contributed by atoms with Crippen LogP contribution in [-0.2, 0) is 21.2 Å². The first kappa shape index (κ1) is 17.5. The largest absolute Gasteiger partial charge is 0.326 e. The van der Waals surface area contributed by atoms with Crippen molar-refractivity contribution in [1.82, 2.24) is 0 Å². The van der Waals surface area contributed by atoms with Crippen molar-refractivity contribution in [3.8, 4) is 0 Å². The maximum Gasteiger partial charge on any atom is 0.262 e. The van der Waals surface area contributed by atoms with E-state index in [1.165, 1.54) is 0 Å². The molecule has 0 atom stereocenters. The molecule has 2 aromatic carbocycles. The minimum Gasteiger partial charge on any atom is -0.326 e. The Balaban J connectivity index is 2.00. The molecule has 5 nitrogen and oxygen atoms in total. The molecule has 1 amide bonds. The molecule has 0 fully saturated rings. The third-order valence-corrected chi connectivity index (χ3v) is 6.47. The molecule has 0 unspecified atom stereocenters. The van der Waals surface area contributed by atoms with Crippen LogP contribution in [0.25, 0.3) is 0 Å². The van der Waals surface area contributed by atoms with E-state index in [2.05, 4.69) is 10.0 Å². The third-order valence-electron chi connectivity index (χ3n) is 4.82. The van der Waals surface area contributed by atoms with Crippen LogP contribution in [0.3, 0.4) is 0 Å². The minimum absolute atomic E-state index is 0.0117. The van der Waals surface area contributed by atoms with Gasteiger partial charge in [-0.2, -0.15) is 0 Å². The van der Waals surface area contributed by atoms with Crippen LogP contribution >= 0.6 is 0 Å². The molecule has 1 aliphatic heterocycles. The van der Waals surface area contributed by atoms with Gasteiger partial charge in [-0.25, -0.2) is 8.42 Å². The molecule has 3 rings (SSSR count). The summed E-state index contributed by atoms with van der Waals surface area (Å²) in [6.45, 7) is 7.50. The average molecular weight is 358 g/mol. The lowest BCUT2D eigenvalue weighted by Gasteiger charge is -2.19. The van der Waals surface area contributed by atoms with Crippen LogP contribution in [0, 0.1) is 27.7 Å². The summed E-state index contributed by atoms with van der Waals surface area (Å²) in [6.07, 6.45) is 1.02. The van der Waals surface area contributed by atoms with E-state index in [4.69, 9.17) is 0 Å². The number of nitrogens with one attached hydrogen (secondary N) is 2. The lowest BCUT2D eigenvalue weighted by Crippen LogP contribution is -2.20. The van der Waals surface area contributed by atoms with Crippen molar-refractivity contribution in [3.63, 3.8) is 0 Å². The van der Waals surface area contributed by atoms with Gasteiger partial charge in [-0.1, -0.05) is 6.07 Å². The van der Waals surface area contributed by atoms with Crippen molar-refractivity contribution in [2.45, 2.75) is 45.4 Å². The Hall–Kier alpha value is -2.34. The molecule has 25 heavy (non-hydrogen) atoms.